The maximum absolute atomic E-state index is 11.5. The van der Waals surface area contributed by atoms with Gasteiger partial charge in [0.25, 0.3) is 0 Å². The van der Waals surface area contributed by atoms with Crippen molar-refractivity contribution < 1.29 is 14.3 Å². The monoisotopic (exact) mass is 440 g/mol. The molecule has 0 aliphatic rings. The van der Waals surface area contributed by atoms with E-state index >= 15 is 0 Å². The van der Waals surface area contributed by atoms with Crippen LogP contribution in [0.4, 0.5) is 0 Å². The van der Waals surface area contributed by atoms with Crippen LogP contribution in [0.1, 0.15) is 11.1 Å². The lowest BCUT2D eigenvalue weighted by Gasteiger charge is -2.12. The second-order valence-corrected chi connectivity index (χ2v) is 6.61. The van der Waals surface area contributed by atoms with Crippen molar-refractivity contribution in [3.8, 4) is 5.75 Å². The quantitative estimate of drug-likeness (QED) is 0.297. The maximum atomic E-state index is 11.5. The number of esters is 1. The van der Waals surface area contributed by atoms with Crippen LogP contribution in [0.25, 0.3) is 6.08 Å². The molecule has 130 valence electrons. The number of ether oxygens (including phenoxy) is 2. The van der Waals surface area contributed by atoms with Crippen molar-refractivity contribution in [3.05, 3.63) is 80.8 Å². The smallest absolute Gasteiger partial charge is 0.331 e. The van der Waals surface area contributed by atoms with Crippen LogP contribution in [0, 0.1) is 0 Å². The molecule has 0 heterocycles. The van der Waals surface area contributed by atoms with E-state index in [1.54, 1.807) is 24.3 Å². The highest BCUT2D eigenvalue weighted by molar-refractivity contribution is 9.10. The first-order chi connectivity index (χ1) is 12.0. The molecule has 2 rings (SSSR count). The summed E-state index contributed by atoms with van der Waals surface area (Å²) in [6.45, 7) is 3.94. The predicted octanol–water partition coefficient (Wildman–Crippen LogP) is 6.08. The van der Waals surface area contributed by atoms with Gasteiger partial charge in [0.2, 0.25) is 0 Å². The molecule has 0 saturated carbocycles. The van der Waals surface area contributed by atoms with Crippen molar-refractivity contribution in [2.24, 2.45) is 0 Å². The third kappa shape index (κ3) is 5.92. The standard InChI is InChI=1S/C19H15BrCl2O3/c1-2-9-24-18(23)8-7-13-10-15(20)19(17(22)11-13)25-12-14-5-3-4-6-16(14)21/h2-8,10-11H,1,9,12H2/b8-7+. The fourth-order valence-electron chi connectivity index (χ4n) is 1.93. The first kappa shape index (κ1) is 19.6. The van der Waals surface area contributed by atoms with Crippen LogP contribution in [0.3, 0.4) is 0 Å². The summed E-state index contributed by atoms with van der Waals surface area (Å²) in [7, 11) is 0. The van der Waals surface area contributed by atoms with E-state index in [-0.39, 0.29) is 6.61 Å². The summed E-state index contributed by atoms with van der Waals surface area (Å²) in [5, 5.41) is 1.05. The van der Waals surface area contributed by atoms with Crippen LogP contribution in [0.2, 0.25) is 10.0 Å². The third-order valence-electron chi connectivity index (χ3n) is 3.11. The molecule has 0 N–H and O–H groups in total. The second-order valence-electron chi connectivity index (χ2n) is 4.95. The molecule has 0 unspecified atom stereocenters. The Kier molecular flexibility index (Phi) is 7.56. The molecule has 0 saturated heterocycles. The Bertz CT molecular complexity index is 780. The number of hydrogen-bond donors (Lipinski definition) is 0. The van der Waals surface area contributed by atoms with Crippen molar-refractivity contribution in [1.29, 1.82) is 0 Å². The SMILES string of the molecule is C=CCOC(=O)/C=C/c1cc(Cl)c(OCc2ccccc2Cl)c(Br)c1. The molecule has 0 bridgehead atoms. The third-order valence-corrected chi connectivity index (χ3v) is 4.34. The highest BCUT2D eigenvalue weighted by atomic mass is 79.9. The number of hydrogen-bond acceptors (Lipinski definition) is 3. The van der Waals surface area contributed by atoms with Crippen molar-refractivity contribution in [2.45, 2.75) is 6.61 Å². The van der Waals surface area contributed by atoms with Gasteiger partial charge in [0, 0.05) is 16.7 Å². The van der Waals surface area contributed by atoms with E-state index < -0.39 is 5.97 Å². The van der Waals surface area contributed by atoms with E-state index in [1.807, 2.05) is 18.2 Å². The van der Waals surface area contributed by atoms with Crippen LogP contribution in [0.15, 0.2) is 59.6 Å². The molecule has 0 atom stereocenters. The lowest BCUT2D eigenvalue weighted by atomic mass is 10.2. The van der Waals surface area contributed by atoms with Crippen LogP contribution in [-0.2, 0) is 16.1 Å². The summed E-state index contributed by atoms with van der Waals surface area (Å²) < 4.78 is 11.3. The Labute approximate surface area is 165 Å². The van der Waals surface area contributed by atoms with Crippen molar-refractivity contribution in [1.82, 2.24) is 0 Å². The molecule has 2 aromatic carbocycles. The number of rotatable bonds is 7. The summed E-state index contributed by atoms with van der Waals surface area (Å²) in [6, 6.07) is 10.9. The van der Waals surface area contributed by atoms with Gasteiger partial charge in [-0.25, -0.2) is 4.79 Å². The predicted molar refractivity (Wildman–Crippen MR) is 105 cm³/mol. The average molecular weight is 442 g/mol. The van der Waals surface area contributed by atoms with E-state index in [4.69, 9.17) is 32.7 Å². The first-order valence-corrected chi connectivity index (χ1v) is 8.87. The van der Waals surface area contributed by atoms with Gasteiger partial charge in [0.15, 0.2) is 5.75 Å². The Morgan fingerprint density at radius 2 is 1.96 bits per heavy atom. The Morgan fingerprint density at radius 3 is 2.64 bits per heavy atom. The van der Waals surface area contributed by atoms with Gasteiger partial charge >= 0.3 is 5.97 Å². The van der Waals surface area contributed by atoms with Gasteiger partial charge < -0.3 is 9.47 Å². The Balaban J connectivity index is 2.09. The Morgan fingerprint density at radius 1 is 1.20 bits per heavy atom. The summed E-state index contributed by atoms with van der Waals surface area (Å²) in [6.07, 6.45) is 4.44. The first-order valence-electron chi connectivity index (χ1n) is 7.32. The van der Waals surface area contributed by atoms with Crippen molar-refractivity contribution in [2.75, 3.05) is 6.61 Å². The van der Waals surface area contributed by atoms with Crippen LogP contribution in [0.5, 0.6) is 5.75 Å². The maximum Gasteiger partial charge on any atom is 0.331 e. The van der Waals surface area contributed by atoms with Gasteiger partial charge in [0.1, 0.15) is 13.2 Å². The van der Waals surface area contributed by atoms with E-state index in [9.17, 15) is 4.79 Å². The highest BCUT2D eigenvalue weighted by Gasteiger charge is 2.10. The molecule has 6 heteroatoms. The van der Waals surface area contributed by atoms with Crippen LogP contribution < -0.4 is 4.74 Å². The van der Waals surface area contributed by atoms with Crippen LogP contribution >= 0.6 is 39.1 Å². The summed E-state index contributed by atoms with van der Waals surface area (Å²) in [5.41, 5.74) is 1.60. The summed E-state index contributed by atoms with van der Waals surface area (Å²) in [4.78, 5) is 11.5. The fraction of sp³-hybridized carbons (Fsp3) is 0.105. The zero-order valence-corrected chi connectivity index (χ0v) is 16.3. The molecule has 3 nitrogen and oxygen atoms in total. The number of halogens is 3. The zero-order valence-electron chi connectivity index (χ0n) is 13.2. The van der Waals surface area contributed by atoms with E-state index in [1.165, 1.54) is 12.2 Å². The number of carbonyl (C=O) groups is 1. The van der Waals surface area contributed by atoms with E-state index in [0.29, 0.717) is 26.9 Å². The van der Waals surface area contributed by atoms with E-state index in [0.717, 1.165) is 11.1 Å². The minimum absolute atomic E-state index is 0.169. The van der Waals surface area contributed by atoms with Gasteiger partial charge in [0.05, 0.1) is 9.50 Å². The molecule has 0 aliphatic heterocycles. The summed E-state index contributed by atoms with van der Waals surface area (Å²) in [5.74, 6) is 0.0548. The lowest BCUT2D eigenvalue weighted by molar-refractivity contribution is -0.136. The van der Waals surface area contributed by atoms with Crippen molar-refractivity contribution in [3.63, 3.8) is 0 Å². The molecule has 25 heavy (non-hydrogen) atoms. The number of carbonyl (C=O) groups excluding carboxylic acids is 1. The largest absolute Gasteiger partial charge is 0.486 e. The number of benzene rings is 2. The molecule has 0 aromatic heterocycles. The molecule has 2 aromatic rings. The van der Waals surface area contributed by atoms with E-state index in [2.05, 4.69) is 22.5 Å². The molecular formula is C19H15BrCl2O3. The topological polar surface area (TPSA) is 35.5 Å². The van der Waals surface area contributed by atoms with Gasteiger partial charge in [-0.2, -0.15) is 0 Å². The van der Waals surface area contributed by atoms with Gasteiger partial charge in [-0.05, 0) is 45.8 Å². The Hall–Kier alpha value is -1.75. The molecule has 0 radical (unpaired) electrons. The lowest BCUT2D eigenvalue weighted by Crippen LogP contribution is -1.99. The van der Waals surface area contributed by atoms with Gasteiger partial charge in [-0.15, -0.1) is 0 Å². The minimum Gasteiger partial charge on any atom is -0.486 e. The molecule has 0 aliphatic carbocycles. The van der Waals surface area contributed by atoms with Gasteiger partial charge in [-0.3, -0.25) is 0 Å². The molecular weight excluding hydrogens is 427 g/mol. The molecule has 0 fully saturated rings. The van der Waals surface area contributed by atoms with Crippen molar-refractivity contribution >= 4 is 51.2 Å². The zero-order chi connectivity index (χ0) is 18.2. The fourth-order valence-corrected chi connectivity index (χ4v) is 3.11. The van der Waals surface area contributed by atoms with Gasteiger partial charge in [-0.1, -0.05) is 54.1 Å². The normalized spacial score (nSPS) is 10.7. The summed E-state index contributed by atoms with van der Waals surface area (Å²) >= 11 is 15.8. The molecule has 0 spiro atoms. The minimum atomic E-state index is -0.453. The average Bonchev–Trinajstić information content (AvgIpc) is 2.59. The molecule has 0 amide bonds. The highest BCUT2D eigenvalue weighted by Crippen LogP contribution is 2.35. The second kappa shape index (κ2) is 9.66. The van der Waals surface area contributed by atoms with Crippen LogP contribution in [-0.4, -0.2) is 12.6 Å².